The van der Waals surface area contributed by atoms with Crippen LogP contribution >= 0.6 is 11.9 Å². The van der Waals surface area contributed by atoms with E-state index in [2.05, 4.69) is 24.6 Å². The predicted molar refractivity (Wildman–Crippen MR) is 52.4 cm³/mol. The number of nitrogens with one attached hydrogen (secondary N) is 1. The van der Waals surface area contributed by atoms with Crippen molar-refractivity contribution < 1.29 is 0 Å². The normalized spacial score (nSPS) is 28.0. The van der Waals surface area contributed by atoms with Gasteiger partial charge in [-0.15, -0.1) is 0 Å². The van der Waals surface area contributed by atoms with Gasteiger partial charge in [0.2, 0.25) is 0 Å². The van der Waals surface area contributed by atoms with Crippen molar-refractivity contribution in [1.29, 1.82) is 0 Å². The Hall–Kier alpha value is -0.305. The molecular weight excluding hydrogens is 153 g/mol. The van der Waals surface area contributed by atoms with Gasteiger partial charge in [-0.3, -0.25) is 0 Å². The van der Waals surface area contributed by atoms with Crippen LogP contribution in [0, 0.1) is 0 Å². The highest BCUT2D eigenvalue weighted by atomic mass is 32.2. The molecule has 0 aromatic rings. The first-order valence-corrected chi connectivity index (χ1v) is 4.67. The fraction of sp³-hybridized carbons (Fsp3) is 0.500. The highest BCUT2D eigenvalue weighted by Crippen LogP contribution is 2.18. The first-order chi connectivity index (χ1) is 5.24. The summed E-state index contributed by atoms with van der Waals surface area (Å²) >= 11 is 1.55. The van der Waals surface area contributed by atoms with Crippen molar-refractivity contribution >= 4 is 19.8 Å². The van der Waals surface area contributed by atoms with E-state index < -0.39 is 0 Å². The minimum absolute atomic E-state index is 0.100. The van der Waals surface area contributed by atoms with Crippen LogP contribution in [-0.2, 0) is 0 Å². The van der Waals surface area contributed by atoms with E-state index in [1.54, 1.807) is 11.9 Å². The van der Waals surface area contributed by atoms with Gasteiger partial charge < -0.3 is 4.72 Å². The van der Waals surface area contributed by atoms with Crippen LogP contribution in [0.1, 0.15) is 20.3 Å². The Balaban J connectivity index is 2.70. The molecule has 1 heterocycles. The third-order valence-corrected chi connectivity index (χ3v) is 2.51. The van der Waals surface area contributed by atoms with Crippen molar-refractivity contribution in [3.8, 4) is 0 Å². The highest BCUT2D eigenvalue weighted by molar-refractivity contribution is 7.99. The minimum Gasteiger partial charge on any atom is -0.330 e. The maximum absolute atomic E-state index is 5.63. The third kappa shape index (κ3) is 2.33. The lowest BCUT2D eigenvalue weighted by molar-refractivity contribution is 1.03. The van der Waals surface area contributed by atoms with E-state index in [9.17, 15) is 0 Å². The van der Waals surface area contributed by atoms with Crippen LogP contribution in [0.5, 0.6) is 0 Å². The summed E-state index contributed by atoms with van der Waals surface area (Å²) in [5, 5.41) is 0.100. The van der Waals surface area contributed by atoms with Gasteiger partial charge in [-0.05, 0) is 25.0 Å². The van der Waals surface area contributed by atoms with Gasteiger partial charge >= 0.3 is 0 Å². The van der Waals surface area contributed by atoms with Crippen molar-refractivity contribution in [3.63, 3.8) is 0 Å². The van der Waals surface area contributed by atoms with Gasteiger partial charge in [0.05, 0.1) is 7.85 Å². The highest BCUT2D eigenvalue weighted by Gasteiger charge is 2.06. The molecule has 0 fully saturated rings. The van der Waals surface area contributed by atoms with E-state index in [0.29, 0.717) is 0 Å². The van der Waals surface area contributed by atoms with Crippen LogP contribution in [0.3, 0.4) is 0 Å². The summed E-state index contributed by atoms with van der Waals surface area (Å²) in [5.41, 5.74) is 2.58. The monoisotopic (exact) mass is 165 g/mol. The smallest absolute Gasteiger partial charge is 0.0927 e. The maximum Gasteiger partial charge on any atom is 0.0927 e. The zero-order chi connectivity index (χ0) is 8.27. The maximum atomic E-state index is 5.63. The molecule has 1 rings (SSSR count). The zero-order valence-electron chi connectivity index (χ0n) is 6.92. The quantitative estimate of drug-likeness (QED) is 0.471. The first-order valence-electron chi connectivity index (χ1n) is 3.79. The van der Waals surface area contributed by atoms with Crippen LogP contribution in [0.15, 0.2) is 23.4 Å². The summed E-state index contributed by atoms with van der Waals surface area (Å²) in [4.78, 5) is 0. The van der Waals surface area contributed by atoms with Crippen LogP contribution in [0.25, 0.3) is 0 Å². The molecule has 0 aliphatic carbocycles. The topological polar surface area (TPSA) is 12.0 Å². The van der Waals surface area contributed by atoms with Gasteiger partial charge in [0, 0.05) is 10.8 Å². The minimum atomic E-state index is 0.100. The van der Waals surface area contributed by atoms with E-state index >= 15 is 0 Å². The lowest BCUT2D eigenvalue weighted by atomic mass is 10.0. The molecule has 0 saturated carbocycles. The van der Waals surface area contributed by atoms with Crippen LogP contribution in [0.4, 0.5) is 0 Å². The second kappa shape index (κ2) is 3.91. The summed E-state index contributed by atoms with van der Waals surface area (Å²) in [5.74, 6) is 0. The van der Waals surface area contributed by atoms with Gasteiger partial charge in [0.15, 0.2) is 0 Å². The molecule has 0 spiro atoms. The molecule has 0 aromatic carbocycles. The summed E-state index contributed by atoms with van der Waals surface area (Å²) in [6.07, 6.45) is 5.15. The van der Waals surface area contributed by atoms with Crippen LogP contribution in [-0.4, -0.2) is 13.0 Å². The lowest BCUT2D eigenvalue weighted by Crippen LogP contribution is -2.15. The Kier molecular flexibility index (Phi) is 3.12. The molecule has 1 nitrogen and oxygen atoms in total. The first kappa shape index (κ1) is 8.79. The SMILES string of the molecule is [B]C1C=C/C(=C(\C)CC)NS1. The fourth-order valence-electron chi connectivity index (χ4n) is 0.816. The number of hydrogen-bond donors (Lipinski definition) is 1. The van der Waals surface area contributed by atoms with Crippen LogP contribution in [0.2, 0.25) is 0 Å². The molecule has 1 aliphatic rings. The summed E-state index contributed by atoms with van der Waals surface area (Å²) < 4.78 is 3.20. The molecule has 1 aliphatic heterocycles. The molecule has 3 heteroatoms. The Morgan fingerprint density at radius 1 is 1.82 bits per heavy atom. The van der Waals surface area contributed by atoms with Crippen LogP contribution < -0.4 is 4.72 Å². The second-order valence-corrected chi connectivity index (χ2v) is 3.58. The molecule has 0 amide bonds. The van der Waals surface area contributed by atoms with E-state index in [0.717, 1.165) is 6.42 Å². The molecule has 1 unspecified atom stereocenters. The van der Waals surface area contributed by atoms with Crippen molar-refractivity contribution in [1.82, 2.24) is 4.72 Å². The predicted octanol–water partition coefficient (Wildman–Crippen LogP) is 1.97. The van der Waals surface area contributed by atoms with E-state index in [1.165, 1.54) is 11.3 Å². The summed E-state index contributed by atoms with van der Waals surface area (Å²) in [7, 11) is 5.63. The van der Waals surface area contributed by atoms with Crippen molar-refractivity contribution in [2.45, 2.75) is 25.4 Å². The zero-order valence-corrected chi connectivity index (χ0v) is 7.74. The molecule has 1 atom stereocenters. The van der Waals surface area contributed by atoms with Gasteiger partial charge in [-0.1, -0.05) is 24.9 Å². The number of rotatable bonds is 1. The third-order valence-electron chi connectivity index (χ3n) is 1.75. The Morgan fingerprint density at radius 3 is 3.00 bits per heavy atom. The molecule has 0 saturated heterocycles. The molecule has 11 heavy (non-hydrogen) atoms. The number of allylic oxidation sites excluding steroid dienone is 2. The van der Waals surface area contributed by atoms with Gasteiger partial charge in [0.1, 0.15) is 0 Å². The molecule has 0 aromatic heterocycles. The Morgan fingerprint density at radius 2 is 2.55 bits per heavy atom. The summed E-state index contributed by atoms with van der Waals surface area (Å²) in [6, 6.07) is 0. The molecule has 58 valence electrons. The van der Waals surface area contributed by atoms with E-state index in [-0.39, 0.29) is 5.15 Å². The lowest BCUT2D eigenvalue weighted by Gasteiger charge is -2.17. The largest absolute Gasteiger partial charge is 0.330 e. The van der Waals surface area contributed by atoms with Crippen molar-refractivity contribution in [2.24, 2.45) is 0 Å². The van der Waals surface area contributed by atoms with Crippen molar-refractivity contribution in [3.05, 3.63) is 23.4 Å². The van der Waals surface area contributed by atoms with Gasteiger partial charge in [-0.2, -0.15) is 0 Å². The van der Waals surface area contributed by atoms with Crippen molar-refractivity contribution in [2.75, 3.05) is 0 Å². The molecule has 1 N–H and O–H groups in total. The molecule has 2 radical (unpaired) electrons. The Bertz CT molecular complexity index is 198. The summed E-state index contributed by atoms with van der Waals surface area (Å²) in [6.45, 7) is 4.28. The average molecular weight is 165 g/mol. The van der Waals surface area contributed by atoms with Gasteiger partial charge in [-0.25, -0.2) is 0 Å². The fourth-order valence-corrected chi connectivity index (χ4v) is 1.48. The van der Waals surface area contributed by atoms with Gasteiger partial charge in [0.25, 0.3) is 0 Å². The molecule has 0 bridgehead atoms. The average Bonchev–Trinajstić information content (AvgIpc) is 2.05. The molecular formula is C8H12BNS. The van der Waals surface area contributed by atoms with E-state index in [4.69, 9.17) is 7.85 Å². The second-order valence-electron chi connectivity index (χ2n) is 2.59. The number of hydrogen-bond acceptors (Lipinski definition) is 2. The Labute approximate surface area is 73.9 Å². The van der Waals surface area contributed by atoms with E-state index in [1.807, 2.05) is 6.08 Å². The standard InChI is InChI=1S/C8H12BNS/c1-3-6(2)7-4-5-8(9)11-10-7/h4-5,8,10H,3H2,1-2H3/b7-6-.